The van der Waals surface area contributed by atoms with Gasteiger partial charge in [-0.2, -0.15) is 18.2 Å². The number of aryl methyl sites for hydroxylation is 1. The number of amides is 1. The second-order valence-corrected chi connectivity index (χ2v) is 7.71. The van der Waals surface area contributed by atoms with Gasteiger partial charge in [0.1, 0.15) is 18.0 Å². The average molecular weight is 445 g/mol. The first-order valence-corrected chi connectivity index (χ1v) is 10.2. The maximum absolute atomic E-state index is 13.5. The van der Waals surface area contributed by atoms with E-state index < -0.39 is 17.6 Å². The first kappa shape index (κ1) is 21.8. The number of carbonyl (C=O) groups excluding carboxylic acids is 1. The summed E-state index contributed by atoms with van der Waals surface area (Å²) >= 11 is 0. The zero-order valence-electron chi connectivity index (χ0n) is 17.8. The average Bonchev–Trinajstić information content (AvgIpc) is 3.30. The summed E-state index contributed by atoms with van der Waals surface area (Å²) in [5, 5.41) is 7.99. The standard InChI is InChI=1S/C22H22F3N5O2/c1-4-32-20-10-14(13(2)8-19-28-26-12-29(19)3)9-18(27-20)30-11-16-15(21(30)31)6-5-7-17(16)22(23,24)25/h5-7,9-10,12-13H,4,8,11H2,1-3H3/t13-/m1/s1. The van der Waals surface area contributed by atoms with E-state index >= 15 is 0 Å². The lowest BCUT2D eigenvalue weighted by atomic mass is 9.98. The molecule has 3 heterocycles. The molecule has 0 saturated carbocycles. The molecule has 1 aliphatic rings. The molecular formula is C22H22F3N5O2. The monoisotopic (exact) mass is 445 g/mol. The zero-order chi connectivity index (χ0) is 23.0. The lowest BCUT2D eigenvalue weighted by Gasteiger charge is -2.19. The Labute approximate surface area is 182 Å². The van der Waals surface area contributed by atoms with E-state index in [1.165, 1.54) is 17.0 Å². The fraction of sp³-hybridized carbons (Fsp3) is 0.364. The summed E-state index contributed by atoms with van der Waals surface area (Å²) in [7, 11) is 1.85. The third-order valence-corrected chi connectivity index (χ3v) is 5.52. The van der Waals surface area contributed by atoms with Gasteiger partial charge in [0.25, 0.3) is 5.91 Å². The summed E-state index contributed by atoms with van der Waals surface area (Å²) < 4.78 is 47.8. The number of ether oxygens (including phenoxy) is 1. The largest absolute Gasteiger partial charge is 0.478 e. The minimum Gasteiger partial charge on any atom is -0.478 e. The molecule has 3 aromatic rings. The van der Waals surface area contributed by atoms with E-state index in [2.05, 4.69) is 15.2 Å². The highest BCUT2D eigenvalue weighted by Gasteiger charge is 2.40. The van der Waals surface area contributed by atoms with E-state index in [1.807, 2.05) is 25.5 Å². The van der Waals surface area contributed by atoms with Gasteiger partial charge in [0, 0.05) is 25.1 Å². The first-order valence-electron chi connectivity index (χ1n) is 10.2. The topological polar surface area (TPSA) is 73.1 Å². The molecule has 1 amide bonds. The van der Waals surface area contributed by atoms with Crippen LogP contribution in [0.3, 0.4) is 0 Å². The molecule has 10 heteroatoms. The molecule has 0 saturated heterocycles. The van der Waals surface area contributed by atoms with Crippen LogP contribution in [0.25, 0.3) is 0 Å². The highest BCUT2D eigenvalue weighted by atomic mass is 19.4. The lowest BCUT2D eigenvalue weighted by molar-refractivity contribution is -0.138. The minimum absolute atomic E-state index is 0.0235. The Kier molecular flexibility index (Phi) is 5.62. The van der Waals surface area contributed by atoms with Crippen molar-refractivity contribution >= 4 is 11.7 Å². The molecule has 7 nitrogen and oxygen atoms in total. The summed E-state index contributed by atoms with van der Waals surface area (Å²) in [5.74, 6) is 0.812. The van der Waals surface area contributed by atoms with E-state index in [1.54, 1.807) is 18.5 Å². The third kappa shape index (κ3) is 4.04. The molecule has 0 fully saturated rings. The molecule has 1 aliphatic heterocycles. The highest BCUT2D eigenvalue weighted by molar-refractivity contribution is 6.09. The normalized spacial score (nSPS) is 14.6. The molecule has 1 atom stereocenters. The predicted molar refractivity (Wildman–Crippen MR) is 110 cm³/mol. The number of carbonyl (C=O) groups is 1. The van der Waals surface area contributed by atoms with Gasteiger partial charge in [-0.15, -0.1) is 10.2 Å². The number of hydrogen-bond acceptors (Lipinski definition) is 5. The number of aromatic nitrogens is 4. The molecule has 168 valence electrons. The molecular weight excluding hydrogens is 423 g/mol. The van der Waals surface area contributed by atoms with Crippen molar-refractivity contribution < 1.29 is 22.7 Å². The van der Waals surface area contributed by atoms with Gasteiger partial charge in [0.2, 0.25) is 5.88 Å². The number of alkyl halides is 3. The quantitative estimate of drug-likeness (QED) is 0.570. The van der Waals surface area contributed by atoms with Crippen molar-refractivity contribution in [3.05, 3.63) is 64.7 Å². The number of anilines is 1. The Morgan fingerprint density at radius 1 is 1.25 bits per heavy atom. The van der Waals surface area contributed by atoms with Crippen LogP contribution >= 0.6 is 0 Å². The molecule has 0 radical (unpaired) electrons. The van der Waals surface area contributed by atoms with Crippen LogP contribution < -0.4 is 9.64 Å². The molecule has 0 N–H and O–H groups in total. The van der Waals surface area contributed by atoms with Crippen LogP contribution in [-0.4, -0.2) is 32.3 Å². The van der Waals surface area contributed by atoms with Crippen LogP contribution in [0, 0.1) is 0 Å². The van der Waals surface area contributed by atoms with Gasteiger partial charge in [-0.05, 0) is 42.2 Å². The summed E-state index contributed by atoms with van der Waals surface area (Å²) in [6.07, 6.45) is -2.35. The van der Waals surface area contributed by atoms with E-state index in [0.717, 1.165) is 17.5 Å². The maximum Gasteiger partial charge on any atom is 0.416 e. The van der Waals surface area contributed by atoms with Crippen molar-refractivity contribution in [2.75, 3.05) is 11.5 Å². The summed E-state index contributed by atoms with van der Waals surface area (Å²) in [5.41, 5.74) is 0.0309. The second kappa shape index (κ2) is 8.25. The van der Waals surface area contributed by atoms with Crippen LogP contribution in [0.15, 0.2) is 36.7 Å². The number of halogens is 3. The van der Waals surface area contributed by atoms with Gasteiger partial charge in [-0.3, -0.25) is 9.69 Å². The van der Waals surface area contributed by atoms with Crippen molar-refractivity contribution in [3.63, 3.8) is 0 Å². The number of nitrogens with zero attached hydrogens (tertiary/aromatic N) is 5. The lowest BCUT2D eigenvalue weighted by Crippen LogP contribution is -2.24. The molecule has 0 bridgehead atoms. The van der Waals surface area contributed by atoms with E-state index in [4.69, 9.17) is 4.74 Å². The van der Waals surface area contributed by atoms with Crippen LogP contribution in [0.1, 0.15) is 52.6 Å². The predicted octanol–water partition coefficient (Wildman–Crippen LogP) is 4.13. The van der Waals surface area contributed by atoms with Crippen LogP contribution in [-0.2, 0) is 26.2 Å². The highest BCUT2D eigenvalue weighted by Crippen LogP contribution is 2.39. The van der Waals surface area contributed by atoms with Gasteiger partial charge in [0.05, 0.1) is 18.7 Å². The van der Waals surface area contributed by atoms with Gasteiger partial charge >= 0.3 is 6.18 Å². The zero-order valence-corrected chi connectivity index (χ0v) is 17.8. The first-order chi connectivity index (χ1) is 15.2. The summed E-state index contributed by atoms with van der Waals surface area (Å²) in [6, 6.07) is 7.16. The number of pyridine rings is 1. The smallest absolute Gasteiger partial charge is 0.416 e. The van der Waals surface area contributed by atoms with Crippen molar-refractivity contribution in [2.24, 2.45) is 7.05 Å². The van der Waals surface area contributed by atoms with Crippen molar-refractivity contribution in [2.45, 2.75) is 38.9 Å². The Morgan fingerprint density at radius 3 is 2.69 bits per heavy atom. The van der Waals surface area contributed by atoms with Crippen LogP contribution in [0.2, 0.25) is 0 Å². The van der Waals surface area contributed by atoms with E-state index in [-0.39, 0.29) is 29.4 Å². The Hall–Kier alpha value is -3.43. The molecule has 0 spiro atoms. The number of benzene rings is 1. The van der Waals surface area contributed by atoms with E-state index in [9.17, 15) is 18.0 Å². The van der Waals surface area contributed by atoms with Gasteiger partial charge < -0.3 is 9.30 Å². The Balaban J connectivity index is 1.70. The Bertz CT molecular complexity index is 1160. The SMILES string of the molecule is CCOc1cc([C@H](C)Cc2nncn2C)cc(N2Cc3c(cccc3C(F)(F)F)C2=O)n1. The molecule has 0 aliphatic carbocycles. The maximum atomic E-state index is 13.5. The third-order valence-electron chi connectivity index (χ3n) is 5.52. The van der Waals surface area contributed by atoms with Gasteiger partial charge in [-0.25, -0.2) is 0 Å². The van der Waals surface area contributed by atoms with Crippen molar-refractivity contribution in [1.82, 2.24) is 19.7 Å². The number of rotatable bonds is 6. The molecule has 32 heavy (non-hydrogen) atoms. The van der Waals surface area contributed by atoms with Gasteiger partial charge in [0.15, 0.2) is 0 Å². The second-order valence-electron chi connectivity index (χ2n) is 7.71. The summed E-state index contributed by atoms with van der Waals surface area (Å²) in [4.78, 5) is 18.6. The minimum atomic E-state index is -4.54. The van der Waals surface area contributed by atoms with Gasteiger partial charge in [-0.1, -0.05) is 13.0 Å². The Morgan fingerprint density at radius 2 is 2.03 bits per heavy atom. The van der Waals surface area contributed by atoms with Crippen LogP contribution in [0.4, 0.5) is 19.0 Å². The van der Waals surface area contributed by atoms with Crippen LogP contribution in [0.5, 0.6) is 5.88 Å². The number of fused-ring (bicyclic) bond motifs is 1. The molecule has 1 aromatic carbocycles. The van der Waals surface area contributed by atoms with Crippen molar-refractivity contribution in [3.8, 4) is 5.88 Å². The van der Waals surface area contributed by atoms with E-state index in [0.29, 0.717) is 18.9 Å². The molecule has 4 rings (SSSR count). The fourth-order valence-corrected chi connectivity index (χ4v) is 3.82. The van der Waals surface area contributed by atoms with Crippen molar-refractivity contribution in [1.29, 1.82) is 0 Å². The summed E-state index contributed by atoms with van der Waals surface area (Å²) in [6.45, 7) is 3.96. The molecule has 2 aromatic heterocycles. The fourth-order valence-electron chi connectivity index (χ4n) is 3.82. The number of hydrogen-bond donors (Lipinski definition) is 0. The molecule has 0 unspecified atom stereocenters.